The molecule has 1 aromatic carbocycles. The van der Waals surface area contributed by atoms with Crippen LogP contribution in [0.3, 0.4) is 0 Å². The molecule has 26 heavy (non-hydrogen) atoms. The van der Waals surface area contributed by atoms with Gasteiger partial charge in [-0.3, -0.25) is 9.59 Å². The summed E-state index contributed by atoms with van der Waals surface area (Å²) < 4.78 is 6.76. The number of carbonyl (C=O) groups excluding carboxylic acids is 2. The first-order chi connectivity index (χ1) is 12.6. The van der Waals surface area contributed by atoms with Gasteiger partial charge in [-0.25, -0.2) is 4.98 Å². The second-order valence-corrected chi connectivity index (χ2v) is 6.85. The van der Waals surface area contributed by atoms with E-state index in [0.29, 0.717) is 43.9 Å². The lowest BCUT2D eigenvalue weighted by atomic mass is 10.2. The van der Waals surface area contributed by atoms with Gasteiger partial charge >= 0.3 is 0 Å². The third-order valence-corrected chi connectivity index (χ3v) is 4.78. The average Bonchev–Trinajstić information content (AvgIpc) is 2.69. The minimum Gasteiger partial charge on any atom is -0.438 e. The quantitative estimate of drug-likeness (QED) is 0.764. The number of pyridine rings is 1. The Kier molecular flexibility index (Phi) is 5.88. The summed E-state index contributed by atoms with van der Waals surface area (Å²) in [4.78, 5) is 32.5. The van der Waals surface area contributed by atoms with E-state index >= 15 is 0 Å². The molecule has 0 aliphatic carbocycles. The molecule has 0 bridgehead atoms. The van der Waals surface area contributed by atoms with Gasteiger partial charge in [0.15, 0.2) is 0 Å². The number of nitrogens with zero attached hydrogens (tertiary/aromatic N) is 3. The van der Waals surface area contributed by atoms with Crippen molar-refractivity contribution >= 4 is 27.7 Å². The van der Waals surface area contributed by atoms with E-state index in [4.69, 9.17) is 4.74 Å². The van der Waals surface area contributed by atoms with E-state index in [9.17, 15) is 9.59 Å². The van der Waals surface area contributed by atoms with Crippen LogP contribution >= 0.6 is 15.9 Å². The summed E-state index contributed by atoms with van der Waals surface area (Å²) in [5, 5.41) is 0. The third-order valence-electron chi connectivity index (χ3n) is 4.25. The maximum Gasteiger partial charge on any atom is 0.259 e. The van der Waals surface area contributed by atoms with Crippen molar-refractivity contribution in [2.45, 2.75) is 13.3 Å². The van der Waals surface area contributed by atoms with Crippen molar-refractivity contribution in [2.75, 3.05) is 26.2 Å². The molecule has 2 heterocycles. The van der Waals surface area contributed by atoms with Crippen molar-refractivity contribution in [1.82, 2.24) is 14.8 Å². The molecule has 2 amide bonds. The van der Waals surface area contributed by atoms with Crippen LogP contribution in [0.25, 0.3) is 0 Å². The fourth-order valence-electron chi connectivity index (χ4n) is 2.80. The first kappa shape index (κ1) is 18.4. The van der Waals surface area contributed by atoms with E-state index in [1.165, 1.54) is 0 Å². The van der Waals surface area contributed by atoms with Gasteiger partial charge in [-0.05, 0) is 36.4 Å². The van der Waals surface area contributed by atoms with Crippen molar-refractivity contribution in [2.24, 2.45) is 0 Å². The first-order valence-corrected chi connectivity index (χ1v) is 9.33. The Balaban J connectivity index is 1.72. The van der Waals surface area contributed by atoms with E-state index in [2.05, 4.69) is 20.9 Å². The van der Waals surface area contributed by atoms with Crippen molar-refractivity contribution in [3.63, 3.8) is 0 Å². The highest BCUT2D eigenvalue weighted by Gasteiger charge is 2.26. The van der Waals surface area contributed by atoms with Gasteiger partial charge in [-0.1, -0.05) is 22.9 Å². The third kappa shape index (κ3) is 4.22. The van der Waals surface area contributed by atoms with Crippen LogP contribution in [0.4, 0.5) is 0 Å². The van der Waals surface area contributed by atoms with Gasteiger partial charge in [0, 0.05) is 43.3 Å². The molecule has 2 aromatic rings. The van der Waals surface area contributed by atoms with Crippen molar-refractivity contribution in [3.05, 3.63) is 52.6 Å². The normalized spacial score (nSPS) is 14.2. The molecule has 1 fully saturated rings. The molecule has 0 saturated carbocycles. The lowest BCUT2D eigenvalue weighted by molar-refractivity contribution is -0.132. The van der Waals surface area contributed by atoms with E-state index in [1.54, 1.807) is 28.1 Å². The fraction of sp³-hybridized carbons (Fsp3) is 0.316. The van der Waals surface area contributed by atoms with Gasteiger partial charge in [0.25, 0.3) is 5.91 Å². The van der Waals surface area contributed by atoms with Gasteiger partial charge < -0.3 is 14.5 Å². The zero-order valence-corrected chi connectivity index (χ0v) is 16.1. The summed E-state index contributed by atoms with van der Waals surface area (Å²) in [5.74, 6) is 0.887. The van der Waals surface area contributed by atoms with E-state index in [1.807, 2.05) is 31.2 Å². The molecule has 6 nitrogen and oxygen atoms in total. The Morgan fingerprint density at radius 2 is 1.73 bits per heavy atom. The first-order valence-electron chi connectivity index (χ1n) is 8.54. The molecule has 3 rings (SSSR count). The highest BCUT2D eigenvalue weighted by molar-refractivity contribution is 9.10. The highest BCUT2D eigenvalue weighted by atomic mass is 79.9. The monoisotopic (exact) mass is 417 g/mol. The minimum atomic E-state index is -0.131. The second kappa shape index (κ2) is 8.31. The zero-order chi connectivity index (χ0) is 18.5. The molecule has 0 spiro atoms. The van der Waals surface area contributed by atoms with Crippen molar-refractivity contribution in [3.8, 4) is 11.6 Å². The van der Waals surface area contributed by atoms with Crippen molar-refractivity contribution < 1.29 is 14.3 Å². The lowest BCUT2D eigenvalue weighted by Gasteiger charge is -2.34. The Bertz CT molecular complexity index is 787. The lowest BCUT2D eigenvalue weighted by Crippen LogP contribution is -2.50. The molecule has 0 N–H and O–H groups in total. The molecule has 1 aliphatic rings. The zero-order valence-electron chi connectivity index (χ0n) is 14.5. The van der Waals surface area contributed by atoms with E-state index in [-0.39, 0.29) is 17.7 Å². The van der Waals surface area contributed by atoms with Crippen LogP contribution in [0.15, 0.2) is 47.1 Å². The number of halogens is 1. The number of hydrogen-bond donors (Lipinski definition) is 0. The standard InChI is InChI=1S/C19H20BrN3O3/c1-2-17(24)22-10-12-23(13-11-22)19(25)16-4-3-9-21-18(16)26-15-7-5-14(20)6-8-15/h3-9H,2,10-13H2,1H3. The number of rotatable bonds is 4. The summed E-state index contributed by atoms with van der Waals surface area (Å²) in [6.07, 6.45) is 2.09. The summed E-state index contributed by atoms with van der Waals surface area (Å²) in [7, 11) is 0. The van der Waals surface area contributed by atoms with Gasteiger partial charge in [0.05, 0.1) is 0 Å². The largest absolute Gasteiger partial charge is 0.438 e. The summed E-state index contributed by atoms with van der Waals surface area (Å²) in [6, 6.07) is 10.8. The average molecular weight is 418 g/mol. The number of aromatic nitrogens is 1. The fourth-order valence-corrected chi connectivity index (χ4v) is 3.07. The minimum absolute atomic E-state index is 0.123. The van der Waals surface area contributed by atoms with Gasteiger partial charge in [0.2, 0.25) is 11.8 Å². The van der Waals surface area contributed by atoms with Gasteiger partial charge in [0.1, 0.15) is 11.3 Å². The molecule has 1 aromatic heterocycles. The Hall–Kier alpha value is -2.41. The highest BCUT2D eigenvalue weighted by Crippen LogP contribution is 2.25. The summed E-state index contributed by atoms with van der Waals surface area (Å²) in [5.41, 5.74) is 0.422. The molecular formula is C19H20BrN3O3. The molecule has 136 valence electrons. The maximum absolute atomic E-state index is 12.9. The predicted molar refractivity (Wildman–Crippen MR) is 101 cm³/mol. The number of hydrogen-bond acceptors (Lipinski definition) is 4. The number of amides is 2. The predicted octanol–water partition coefficient (Wildman–Crippen LogP) is 3.33. The molecular weight excluding hydrogens is 398 g/mol. The SMILES string of the molecule is CCC(=O)N1CCN(C(=O)c2cccnc2Oc2ccc(Br)cc2)CC1. The Morgan fingerprint density at radius 3 is 2.38 bits per heavy atom. The van der Waals surface area contributed by atoms with E-state index < -0.39 is 0 Å². The number of ether oxygens (including phenoxy) is 1. The van der Waals surface area contributed by atoms with Crippen LogP contribution in [-0.2, 0) is 4.79 Å². The van der Waals surface area contributed by atoms with Crippen LogP contribution in [-0.4, -0.2) is 52.8 Å². The van der Waals surface area contributed by atoms with Crippen molar-refractivity contribution in [1.29, 1.82) is 0 Å². The topological polar surface area (TPSA) is 62.7 Å². The Morgan fingerprint density at radius 1 is 1.08 bits per heavy atom. The molecule has 1 saturated heterocycles. The number of carbonyl (C=O) groups is 2. The van der Waals surface area contributed by atoms with Crippen LogP contribution in [0.5, 0.6) is 11.6 Å². The molecule has 7 heteroatoms. The van der Waals surface area contributed by atoms with E-state index in [0.717, 1.165) is 4.47 Å². The Labute approximate surface area is 160 Å². The second-order valence-electron chi connectivity index (χ2n) is 5.94. The van der Waals surface area contributed by atoms with Gasteiger partial charge in [-0.15, -0.1) is 0 Å². The van der Waals surface area contributed by atoms with Gasteiger partial charge in [-0.2, -0.15) is 0 Å². The summed E-state index contributed by atoms with van der Waals surface area (Å²) >= 11 is 3.38. The molecule has 1 aliphatic heterocycles. The molecule has 0 atom stereocenters. The molecule has 0 radical (unpaired) electrons. The number of piperazine rings is 1. The molecule has 0 unspecified atom stereocenters. The van der Waals surface area contributed by atoms with Crippen LogP contribution in [0.1, 0.15) is 23.7 Å². The maximum atomic E-state index is 12.9. The van der Waals surface area contributed by atoms with Crippen LogP contribution in [0, 0.1) is 0 Å². The van der Waals surface area contributed by atoms with Crippen LogP contribution < -0.4 is 4.74 Å². The summed E-state index contributed by atoms with van der Waals surface area (Å²) in [6.45, 7) is 3.98. The van der Waals surface area contributed by atoms with Crippen LogP contribution in [0.2, 0.25) is 0 Å². The number of benzene rings is 1. The smallest absolute Gasteiger partial charge is 0.259 e.